The Morgan fingerprint density at radius 3 is 2.57 bits per heavy atom. The molecule has 0 atom stereocenters. The van der Waals surface area contributed by atoms with E-state index in [0.717, 1.165) is 16.8 Å². The summed E-state index contributed by atoms with van der Waals surface area (Å²) in [4.78, 5) is 0. The van der Waals surface area contributed by atoms with Crippen molar-refractivity contribution in [2.45, 2.75) is 31.8 Å². The van der Waals surface area contributed by atoms with Crippen LogP contribution in [0.1, 0.15) is 18.4 Å². The second kappa shape index (κ2) is 5.40. The lowest BCUT2D eigenvalue weighted by atomic mass is 10.1. The number of hydrogen-bond donors (Lipinski definition) is 2. The fourth-order valence-electron chi connectivity index (χ4n) is 2.06. The van der Waals surface area contributed by atoms with Crippen molar-refractivity contribution in [1.82, 2.24) is 15.5 Å². The average Bonchev–Trinajstić information content (AvgIpc) is 3.13. The van der Waals surface area contributed by atoms with Crippen LogP contribution in [-0.2, 0) is 6.54 Å². The minimum Gasteiger partial charge on any atom is -0.406 e. The van der Waals surface area contributed by atoms with Crippen LogP contribution in [0.5, 0.6) is 5.75 Å². The highest BCUT2D eigenvalue weighted by Crippen LogP contribution is 2.27. The number of aromatic nitrogens is 2. The van der Waals surface area contributed by atoms with E-state index < -0.39 is 6.36 Å². The molecule has 0 saturated heterocycles. The van der Waals surface area contributed by atoms with Gasteiger partial charge in [-0.05, 0) is 37.1 Å². The first-order chi connectivity index (χ1) is 10.0. The first-order valence-electron chi connectivity index (χ1n) is 6.63. The van der Waals surface area contributed by atoms with Crippen molar-refractivity contribution in [3.63, 3.8) is 0 Å². The fourth-order valence-corrected chi connectivity index (χ4v) is 2.06. The third-order valence-electron chi connectivity index (χ3n) is 3.25. The van der Waals surface area contributed by atoms with Gasteiger partial charge in [0, 0.05) is 23.7 Å². The van der Waals surface area contributed by atoms with E-state index in [1.54, 1.807) is 18.3 Å². The molecule has 0 unspecified atom stereocenters. The zero-order valence-electron chi connectivity index (χ0n) is 11.1. The van der Waals surface area contributed by atoms with Crippen molar-refractivity contribution in [2.75, 3.05) is 0 Å². The Bertz CT molecular complexity index is 603. The van der Waals surface area contributed by atoms with E-state index in [4.69, 9.17) is 0 Å². The minimum atomic E-state index is -4.67. The predicted octanol–water partition coefficient (Wildman–Crippen LogP) is 3.23. The molecule has 1 aliphatic rings. The minimum absolute atomic E-state index is 0.233. The highest BCUT2D eigenvalue weighted by molar-refractivity contribution is 5.63. The van der Waals surface area contributed by atoms with Crippen molar-refractivity contribution < 1.29 is 17.9 Å². The Morgan fingerprint density at radius 2 is 1.95 bits per heavy atom. The lowest BCUT2D eigenvalue weighted by Gasteiger charge is -2.09. The van der Waals surface area contributed by atoms with E-state index >= 15 is 0 Å². The Hall–Kier alpha value is -2.02. The molecule has 1 fully saturated rings. The van der Waals surface area contributed by atoms with Crippen molar-refractivity contribution >= 4 is 0 Å². The maximum Gasteiger partial charge on any atom is 0.573 e. The van der Waals surface area contributed by atoms with Gasteiger partial charge in [-0.2, -0.15) is 5.10 Å². The van der Waals surface area contributed by atoms with Crippen molar-refractivity contribution in [3.8, 4) is 17.0 Å². The molecule has 7 heteroatoms. The van der Waals surface area contributed by atoms with E-state index in [1.807, 2.05) is 0 Å². The molecule has 3 rings (SSSR count). The molecule has 0 amide bonds. The number of ether oxygens (including phenoxy) is 1. The third kappa shape index (κ3) is 3.75. The number of nitrogens with zero attached hydrogens (tertiary/aromatic N) is 1. The van der Waals surface area contributed by atoms with Gasteiger partial charge >= 0.3 is 6.36 Å². The van der Waals surface area contributed by atoms with Gasteiger partial charge in [0.2, 0.25) is 0 Å². The maximum atomic E-state index is 12.1. The summed E-state index contributed by atoms with van der Waals surface area (Å²) in [7, 11) is 0. The second-order valence-electron chi connectivity index (χ2n) is 5.00. The molecular weight excluding hydrogens is 283 g/mol. The Labute approximate surface area is 119 Å². The number of halogens is 3. The van der Waals surface area contributed by atoms with Crippen LogP contribution in [0.3, 0.4) is 0 Å². The van der Waals surface area contributed by atoms with Crippen LogP contribution in [-0.4, -0.2) is 22.6 Å². The van der Waals surface area contributed by atoms with Crippen LogP contribution < -0.4 is 10.1 Å². The molecule has 0 radical (unpaired) electrons. The molecule has 1 heterocycles. The third-order valence-corrected chi connectivity index (χ3v) is 3.25. The molecule has 0 bridgehead atoms. The number of alkyl halides is 3. The zero-order valence-corrected chi connectivity index (χ0v) is 11.1. The van der Waals surface area contributed by atoms with Gasteiger partial charge in [0.1, 0.15) is 5.75 Å². The van der Waals surface area contributed by atoms with Gasteiger partial charge in [0.05, 0.1) is 11.9 Å². The predicted molar refractivity (Wildman–Crippen MR) is 70.6 cm³/mol. The summed E-state index contributed by atoms with van der Waals surface area (Å²) in [6.07, 6.45) is -0.562. The molecule has 1 aromatic carbocycles. The molecule has 2 aromatic rings. The first kappa shape index (κ1) is 13.9. The smallest absolute Gasteiger partial charge is 0.406 e. The van der Waals surface area contributed by atoms with Gasteiger partial charge in [-0.1, -0.05) is 0 Å². The molecule has 4 nitrogen and oxygen atoms in total. The van der Waals surface area contributed by atoms with E-state index in [1.165, 1.54) is 25.0 Å². The Kier molecular flexibility index (Phi) is 3.59. The van der Waals surface area contributed by atoms with Gasteiger partial charge in [0.15, 0.2) is 0 Å². The van der Waals surface area contributed by atoms with Crippen LogP contribution in [0.4, 0.5) is 13.2 Å². The SMILES string of the molecule is FC(F)(F)Oc1ccc(-c2[nH]ncc2CNC2CC2)cc1. The van der Waals surface area contributed by atoms with Crippen molar-refractivity contribution in [2.24, 2.45) is 0 Å². The highest BCUT2D eigenvalue weighted by atomic mass is 19.4. The fraction of sp³-hybridized carbons (Fsp3) is 0.357. The molecule has 0 spiro atoms. The zero-order chi connectivity index (χ0) is 14.9. The summed E-state index contributed by atoms with van der Waals surface area (Å²) >= 11 is 0. The molecular formula is C14H14F3N3O. The summed E-state index contributed by atoms with van der Waals surface area (Å²) in [5.74, 6) is -0.233. The van der Waals surface area contributed by atoms with E-state index in [2.05, 4.69) is 20.3 Å². The molecule has 1 aromatic heterocycles. The average molecular weight is 297 g/mol. The lowest BCUT2D eigenvalue weighted by molar-refractivity contribution is -0.274. The quantitative estimate of drug-likeness (QED) is 0.891. The second-order valence-corrected chi connectivity index (χ2v) is 5.00. The van der Waals surface area contributed by atoms with Crippen molar-refractivity contribution in [1.29, 1.82) is 0 Å². The summed E-state index contributed by atoms with van der Waals surface area (Å²) in [6.45, 7) is 0.692. The number of hydrogen-bond acceptors (Lipinski definition) is 3. The van der Waals surface area contributed by atoms with Crippen LogP contribution in [0.15, 0.2) is 30.5 Å². The van der Waals surface area contributed by atoms with Gasteiger partial charge in [-0.15, -0.1) is 13.2 Å². The summed E-state index contributed by atoms with van der Waals surface area (Å²) in [5.41, 5.74) is 2.57. The molecule has 112 valence electrons. The summed E-state index contributed by atoms with van der Waals surface area (Å²) < 4.78 is 40.2. The van der Waals surface area contributed by atoms with Crippen molar-refractivity contribution in [3.05, 3.63) is 36.0 Å². The Morgan fingerprint density at radius 1 is 1.24 bits per heavy atom. The van der Waals surface area contributed by atoms with Crippen LogP contribution >= 0.6 is 0 Å². The monoisotopic (exact) mass is 297 g/mol. The largest absolute Gasteiger partial charge is 0.573 e. The van der Waals surface area contributed by atoms with Gasteiger partial charge in [0.25, 0.3) is 0 Å². The molecule has 1 saturated carbocycles. The lowest BCUT2D eigenvalue weighted by Crippen LogP contribution is -2.17. The summed E-state index contributed by atoms with van der Waals surface area (Å²) in [5, 5.41) is 10.3. The number of aromatic amines is 1. The molecule has 2 N–H and O–H groups in total. The topological polar surface area (TPSA) is 49.9 Å². The van der Waals surface area contributed by atoms with E-state index in [9.17, 15) is 13.2 Å². The van der Waals surface area contributed by atoms with Gasteiger partial charge in [-0.25, -0.2) is 0 Å². The van der Waals surface area contributed by atoms with Crippen LogP contribution in [0.2, 0.25) is 0 Å². The molecule has 1 aliphatic carbocycles. The summed E-state index contributed by atoms with van der Waals surface area (Å²) in [6, 6.07) is 6.32. The number of rotatable bonds is 5. The molecule has 0 aliphatic heterocycles. The van der Waals surface area contributed by atoms with Gasteiger partial charge in [-0.3, -0.25) is 5.10 Å². The standard InChI is InChI=1S/C14H14F3N3O/c15-14(16,17)21-12-5-1-9(2-6-12)13-10(8-19-20-13)7-18-11-3-4-11/h1-2,5-6,8,11,18H,3-4,7H2,(H,19,20). The maximum absolute atomic E-state index is 12.1. The highest BCUT2D eigenvalue weighted by Gasteiger charge is 2.31. The van der Waals surface area contributed by atoms with E-state index in [0.29, 0.717) is 12.6 Å². The van der Waals surface area contributed by atoms with E-state index in [-0.39, 0.29) is 5.75 Å². The number of H-pyrrole nitrogens is 1. The number of nitrogens with one attached hydrogen (secondary N) is 2. The van der Waals surface area contributed by atoms with Gasteiger partial charge < -0.3 is 10.1 Å². The Balaban J connectivity index is 1.72. The molecule has 21 heavy (non-hydrogen) atoms. The van der Waals surface area contributed by atoms with Crippen LogP contribution in [0.25, 0.3) is 11.3 Å². The number of benzene rings is 1. The van der Waals surface area contributed by atoms with Crippen LogP contribution in [0, 0.1) is 0 Å². The normalized spacial score (nSPS) is 15.2. The first-order valence-corrected chi connectivity index (χ1v) is 6.63.